The Morgan fingerprint density at radius 3 is 2.94 bits per heavy atom. The quantitative estimate of drug-likeness (QED) is 0.744. The maximum atomic E-state index is 4.50. The lowest BCUT2D eigenvalue weighted by Gasteiger charge is -2.04. The molecule has 0 saturated heterocycles. The number of aromatic nitrogens is 4. The summed E-state index contributed by atoms with van der Waals surface area (Å²) in [5, 5.41) is 8.45. The summed E-state index contributed by atoms with van der Waals surface area (Å²) in [6, 6.07) is 6.00. The Balaban J connectivity index is 1.98. The van der Waals surface area contributed by atoms with E-state index in [4.69, 9.17) is 0 Å². The molecule has 18 heavy (non-hydrogen) atoms. The Morgan fingerprint density at radius 1 is 1.11 bits per heavy atom. The van der Waals surface area contributed by atoms with E-state index < -0.39 is 0 Å². The summed E-state index contributed by atoms with van der Waals surface area (Å²) in [5.41, 5.74) is 4.12. The molecule has 0 radical (unpaired) electrons. The lowest BCUT2D eigenvalue weighted by Crippen LogP contribution is -1.90. The number of hydrogen-bond acceptors (Lipinski definition) is 3. The van der Waals surface area contributed by atoms with Gasteiger partial charge in [-0.1, -0.05) is 6.07 Å². The van der Waals surface area contributed by atoms with Crippen LogP contribution in [0.25, 0.3) is 22.2 Å². The fraction of sp³-hybridized carbons (Fsp3) is 0.214. The molecule has 3 heterocycles. The number of H-pyrrole nitrogens is 1. The van der Waals surface area contributed by atoms with Crippen LogP contribution >= 0.6 is 0 Å². The van der Waals surface area contributed by atoms with Gasteiger partial charge in [0.2, 0.25) is 0 Å². The second-order valence-corrected chi connectivity index (χ2v) is 4.69. The van der Waals surface area contributed by atoms with Gasteiger partial charge in [0.15, 0.2) is 0 Å². The third-order valence-corrected chi connectivity index (χ3v) is 3.41. The zero-order valence-corrected chi connectivity index (χ0v) is 9.80. The lowest BCUT2D eigenvalue weighted by atomic mass is 10.1. The van der Waals surface area contributed by atoms with Gasteiger partial charge in [0, 0.05) is 35.5 Å². The van der Waals surface area contributed by atoms with Gasteiger partial charge in [-0.25, -0.2) is 0 Å². The van der Waals surface area contributed by atoms with Crippen molar-refractivity contribution in [1.29, 1.82) is 0 Å². The number of rotatable bonds is 2. The van der Waals surface area contributed by atoms with E-state index in [2.05, 4.69) is 26.2 Å². The molecular weight excluding hydrogens is 224 g/mol. The average Bonchev–Trinajstić information content (AvgIpc) is 3.16. The van der Waals surface area contributed by atoms with Crippen molar-refractivity contribution in [3.63, 3.8) is 0 Å². The van der Waals surface area contributed by atoms with Crippen LogP contribution < -0.4 is 0 Å². The van der Waals surface area contributed by atoms with E-state index in [1.807, 2.05) is 30.7 Å². The van der Waals surface area contributed by atoms with Gasteiger partial charge in [0.25, 0.3) is 0 Å². The van der Waals surface area contributed by atoms with Gasteiger partial charge < -0.3 is 0 Å². The van der Waals surface area contributed by atoms with Crippen LogP contribution in [-0.2, 0) is 0 Å². The molecule has 0 amide bonds. The predicted octanol–water partition coefficient (Wildman–Crippen LogP) is 2.90. The molecule has 1 aliphatic carbocycles. The molecule has 88 valence electrons. The Bertz CT molecular complexity index is 707. The van der Waals surface area contributed by atoms with E-state index in [-0.39, 0.29) is 0 Å². The van der Waals surface area contributed by atoms with Crippen LogP contribution in [0.15, 0.2) is 36.8 Å². The van der Waals surface area contributed by atoms with E-state index in [1.165, 1.54) is 12.8 Å². The zero-order valence-electron chi connectivity index (χ0n) is 9.80. The van der Waals surface area contributed by atoms with Gasteiger partial charge in [-0.3, -0.25) is 15.1 Å². The van der Waals surface area contributed by atoms with Crippen LogP contribution in [0.4, 0.5) is 0 Å². The number of fused-ring (bicyclic) bond motifs is 1. The molecule has 1 saturated carbocycles. The molecule has 0 unspecified atom stereocenters. The lowest BCUT2D eigenvalue weighted by molar-refractivity contribution is 0.965. The Labute approximate surface area is 104 Å². The summed E-state index contributed by atoms with van der Waals surface area (Å²) < 4.78 is 0. The van der Waals surface area contributed by atoms with E-state index in [0.29, 0.717) is 5.92 Å². The molecule has 4 rings (SSSR count). The minimum Gasteiger partial charge on any atom is -0.285 e. The average molecular weight is 236 g/mol. The molecule has 4 heteroatoms. The van der Waals surface area contributed by atoms with Crippen LogP contribution in [0, 0.1) is 0 Å². The van der Waals surface area contributed by atoms with Gasteiger partial charge in [-0.2, -0.15) is 5.10 Å². The number of nitrogens with zero attached hydrogens (tertiary/aromatic N) is 3. The summed E-state index contributed by atoms with van der Waals surface area (Å²) in [6.45, 7) is 0. The molecule has 3 aromatic heterocycles. The van der Waals surface area contributed by atoms with Crippen molar-refractivity contribution in [2.24, 2.45) is 0 Å². The highest BCUT2D eigenvalue weighted by Gasteiger charge is 2.29. The zero-order chi connectivity index (χ0) is 11.9. The van der Waals surface area contributed by atoms with Gasteiger partial charge >= 0.3 is 0 Å². The van der Waals surface area contributed by atoms with Crippen molar-refractivity contribution in [2.45, 2.75) is 18.8 Å². The van der Waals surface area contributed by atoms with E-state index in [1.54, 1.807) is 0 Å². The van der Waals surface area contributed by atoms with Crippen molar-refractivity contribution < 1.29 is 0 Å². The van der Waals surface area contributed by atoms with Crippen molar-refractivity contribution in [1.82, 2.24) is 20.2 Å². The highest BCUT2D eigenvalue weighted by atomic mass is 15.1. The molecule has 1 aliphatic rings. The van der Waals surface area contributed by atoms with Crippen LogP contribution in [0.5, 0.6) is 0 Å². The fourth-order valence-corrected chi connectivity index (χ4v) is 2.36. The fourth-order valence-electron chi connectivity index (χ4n) is 2.36. The normalized spacial score (nSPS) is 15.1. The number of nitrogens with one attached hydrogen (secondary N) is 1. The van der Waals surface area contributed by atoms with Gasteiger partial charge in [-0.05, 0) is 25.0 Å². The number of pyridine rings is 2. The molecule has 3 aromatic rings. The van der Waals surface area contributed by atoms with Crippen LogP contribution in [0.1, 0.15) is 24.5 Å². The first kappa shape index (κ1) is 9.76. The van der Waals surface area contributed by atoms with E-state index in [9.17, 15) is 0 Å². The smallest absolute Gasteiger partial charge is 0.0998 e. The highest BCUT2D eigenvalue weighted by Crippen LogP contribution is 2.43. The number of hydrogen-bond donors (Lipinski definition) is 1. The van der Waals surface area contributed by atoms with Gasteiger partial charge in [-0.15, -0.1) is 0 Å². The first-order valence-corrected chi connectivity index (χ1v) is 6.17. The Hall–Kier alpha value is -2.23. The maximum Gasteiger partial charge on any atom is 0.0998 e. The molecule has 1 fully saturated rings. The summed E-state index contributed by atoms with van der Waals surface area (Å²) in [4.78, 5) is 8.95. The highest BCUT2D eigenvalue weighted by molar-refractivity contribution is 5.91. The van der Waals surface area contributed by atoms with Crippen molar-refractivity contribution in [3.8, 4) is 11.3 Å². The minimum absolute atomic E-state index is 0.604. The largest absolute Gasteiger partial charge is 0.285 e. The molecule has 1 N–H and O–H groups in total. The first-order chi connectivity index (χ1) is 8.93. The molecule has 0 bridgehead atoms. The molecule has 4 nitrogen and oxygen atoms in total. The van der Waals surface area contributed by atoms with E-state index >= 15 is 0 Å². The molecule has 0 atom stereocenters. The number of aromatic amines is 1. The van der Waals surface area contributed by atoms with Gasteiger partial charge in [0.1, 0.15) is 0 Å². The minimum atomic E-state index is 0.604. The maximum absolute atomic E-state index is 4.50. The summed E-state index contributed by atoms with van der Waals surface area (Å²) in [6.07, 6.45) is 8.05. The predicted molar refractivity (Wildman–Crippen MR) is 69.1 cm³/mol. The van der Waals surface area contributed by atoms with Crippen molar-refractivity contribution in [3.05, 3.63) is 42.5 Å². The SMILES string of the molecule is c1cnc2c(-c3c[nH]nc3C3CC3)nccc2c1. The Kier molecular flexibility index (Phi) is 1.97. The molecular formula is C14H12N4. The molecule has 0 spiro atoms. The van der Waals surface area contributed by atoms with Crippen LogP contribution in [0.2, 0.25) is 0 Å². The van der Waals surface area contributed by atoms with Gasteiger partial charge in [0.05, 0.1) is 16.9 Å². The van der Waals surface area contributed by atoms with Crippen molar-refractivity contribution >= 4 is 10.9 Å². The van der Waals surface area contributed by atoms with E-state index in [0.717, 1.165) is 27.9 Å². The monoisotopic (exact) mass is 236 g/mol. The van der Waals surface area contributed by atoms with Crippen LogP contribution in [0.3, 0.4) is 0 Å². The van der Waals surface area contributed by atoms with Crippen molar-refractivity contribution in [2.75, 3.05) is 0 Å². The third-order valence-electron chi connectivity index (χ3n) is 3.41. The topological polar surface area (TPSA) is 54.5 Å². The first-order valence-electron chi connectivity index (χ1n) is 6.17. The second-order valence-electron chi connectivity index (χ2n) is 4.69. The Morgan fingerprint density at radius 2 is 2.06 bits per heavy atom. The summed E-state index contributed by atoms with van der Waals surface area (Å²) in [7, 11) is 0. The second kappa shape index (κ2) is 3.63. The summed E-state index contributed by atoms with van der Waals surface area (Å²) in [5.74, 6) is 0.604. The molecule has 0 aromatic carbocycles. The standard InChI is InChI=1S/C14H12N4/c1-2-9-5-7-16-14(13(9)15-6-1)11-8-17-18-12(11)10-3-4-10/h1-2,5-8,10H,3-4H2,(H,17,18). The van der Waals surface area contributed by atoms with Crippen LogP contribution in [-0.4, -0.2) is 20.2 Å². The third kappa shape index (κ3) is 1.42. The summed E-state index contributed by atoms with van der Waals surface area (Å²) >= 11 is 0. The molecule has 0 aliphatic heterocycles.